The third-order valence-electron chi connectivity index (χ3n) is 6.09. The number of hydrogen-bond donors (Lipinski definition) is 0. The fourth-order valence-electron chi connectivity index (χ4n) is 4.23. The van der Waals surface area contributed by atoms with Gasteiger partial charge in [0.05, 0.1) is 0 Å². The molecule has 30 heavy (non-hydrogen) atoms. The second kappa shape index (κ2) is 10.4. The predicted octanol–water partition coefficient (Wildman–Crippen LogP) is 5.94. The van der Waals surface area contributed by atoms with Gasteiger partial charge < -0.3 is 0 Å². The van der Waals surface area contributed by atoms with Crippen molar-refractivity contribution in [3.05, 3.63) is 91.0 Å². The number of rotatable bonds is 10. The first-order chi connectivity index (χ1) is 14.4. The molecule has 0 bridgehead atoms. The van der Waals surface area contributed by atoms with E-state index in [0.717, 1.165) is 25.6 Å². The van der Waals surface area contributed by atoms with Crippen LogP contribution in [0.2, 0.25) is 0 Å². The van der Waals surface area contributed by atoms with Crippen LogP contribution in [0.1, 0.15) is 40.5 Å². The first-order valence-corrected chi connectivity index (χ1v) is 13.5. The van der Waals surface area contributed by atoms with Gasteiger partial charge in [0.15, 0.2) is 0 Å². The average molecular weight is 421 g/mol. The Morgan fingerprint density at radius 2 is 1.10 bits per heavy atom. The average Bonchev–Trinajstić information content (AvgIpc) is 2.76. The molecule has 0 aliphatic carbocycles. The van der Waals surface area contributed by atoms with Crippen LogP contribution in [0.4, 0.5) is 0 Å². The van der Waals surface area contributed by atoms with Gasteiger partial charge in [0.1, 0.15) is 0 Å². The van der Waals surface area contributed by atoms with E-state index in [0.29, 0.717) is 5.92 Å². The van der Waals surface area contributed by atoms with Crippen molar-refractivity contribution in [1.29, 1.82) is 0 Å². The Morgan fingerprint density at radius 1 is 0.700 bits per heavy atom. The molecule has 0 aliphatic heterocycles. The van der Waals surface area contributed by atoms with E-state index in [1.807, 2.05) is 0 Å². The maximum absolute atomic E-state index is 6.37. The van der Waals surface area contributed by atoms with Crippen LogP contribution >= 0.6 is 7.26 Å². The van der Waals surface area contributed by atoms with E-state index < -0.39 is 7.26 Å². The van der Waals surface area contributed by atoms with Crippen molar-refractivity contribution in [3.8, 4) is 0 Å². The molecule has 3 aromatic carbocycles. The quantitative estimate of drug-likeness (QED) is 0.369. The molecule has 1 nitrogen and oxygen atoms in total. The summed E-state index contributed by atoms with van der Waals surface area (Å²) in [6, 6.07) is 33.5. The number of benzene rings is 3. The molecular weight excluding hydrogens is 383 g/mol. The van der Waals surface area contributed by atoms with Crippen molar-refractivity contribution in [2.24, 2.45) is 5.92 Å². The zero-order valence-electron chi connectivity index (χ0n) is 19.0. The second-order valence-corrected chi connectivity index (χ2v) is 13.3. The molecule has 0 radical (unpaired) electrons. The Morgan fingerprint density at radius 3 is 1.47 bits per heavy atom. The van der Waals surface area contributed by atoms with Crippen molar-refractivity contribution in [2.75, 3.05) is 12.8 Å². The van der Waals surface area contributed by atoms with E-state index in [9.17, 15) is 0 Å². The summed E-state index contributed by atoms with van der Waals surface area (Å²) in [7, 11) is -2.17. The summed E-state index contributed by atoms with van der Waals surface area (Å²) >= 11 is 0. The Bertz CT molecular complexity index is 776. The molecule has 0 amide bonds. The Balaban J connectivity index is 2.01. The number of hydrogen-bond acceptors (Lipinski definition) is 1. The molecule has 0 atom stereocenters. The molecule has 3 rings (SSSR count). The van der Waals surface area contributed by atoms with E-state index in [2.05, 4.69) is 119 Å². The van der Waals surface area contributed by atoms with E-state index in [4.69, 9.17) is 4.74 Å². The molecule has 0 unspecified atom stereocenters. The Kier molecular flexibility index (Phi) is 7.87. The molecule has 0 saturated carbocycles. The van der Waals surface area contributed by atoms with Crippen LogP contribution < -0.4 is 15.9 Å². The SMILES string of the molecule is CC(C)CCOC(C)(C)CC[PH](c1ccccc1)(c1ccccc1)c1ccccc1. The van der Waals surface area contributed by atoms with Crippen LogP contribution in [0.25, 0.3) is 0 Å². The molecule has 160 valence electrons. The van der Waals surface area contributed by atoms with Crippen molar-refractivity contribution < 1.29 is 4.74 Å². The molecule has 0 spiro atoms. The Hall–Kier alpha value is -1.95. The van der Waals surface area contributed by atoms with E-state index in [1.54, 1.807) is 0 Å². The summed E-state index contributed by atoms with van der Waals surface area (Å²) in [5.74, 6) is 0.673. The van der Waals surface area contributed by atoms with Crippen molar-refractivity contribution in [1.82, 2.24) is 0 Å². The molecule has 3 aromatic rings. The molecule has 0 saturated heterocycles. The van der Waals surface area contributed by atoms with Crippen LogP contribution in [0.5, 0.6) is 0 Å². The Labute approximate surface area is 183 Å². The fourth-order valence-corrected chi connectivity index (χ4v) is 9.36. The predicted molar refractivity (Wildman–Crippen MR) is 136 cm³/mol. The standard InChI is InChI=1S/C28H37OP/c1-24(2)20-22-29-28(3,4)21-23-30(25-14-8-5-9-15-25,26-16-10-6-11-17-26)27-18-12-7-13-19-27/h5-19,24,30H,20-23H2,1-4H3. The summed E-state index contributed by atoms with van der Waals surface area (Å²) in [6.07, 6.45) is 3.28. The molecule has 0 aliphatic rings. The van der Waals surface area contributed by atoms with Crippen molar-refractivity contribution in [2.45, 2.75) is 46.1 Å². The van der Waals surface area contributed by atoms with Gasteiger partial charge in [0.25, 0.3) is 0 Å². The topological polar surface area (TPSA) is 9.23 Å². The summed E-state index contributed by atoms with van der Waals surface area (Å²) in [4.78, 5) is 0. The normalized spacial score (nSPS) is 12.8. The third-order valence-corrected chi connectivity index (χ3v) is 11.0. The molecule has 2 heteroatoms. The van der Waals surface area contributed by atoms with Crippen LogP contribution in [-0.4, -0.2) is 18.4 Å². The summed E-state index contributed by atoms with van der Waals surface area (Å²) < 4.78 is 6.37. The summed E-state index contributed by atoms with van der Waals surface area (Å²) in [5, 5.41) is 4.42. The van der Waals surface area contributed by atoms with Gasteiger partial charge in [-0.15, -0.1) is 0 Å². The van der Waals surface area contributed by atoms with Gasteiger partial charge in [-0.1, -0.05) is 0 Å². The monoisotopic (exact) mass is 420 g/mol. The zero-order chi connectivity index (χ0) is 21.5. The van der Waals surface area contributed by atoms with E-state index in [1.165, 1.54) is 15.9 Å². The molecule has 0 fully saturated rings. The first kappa shape index (κ1) is 22.7. The van der Waals surface area contributed by atoms with Gasteiger partial charge in [0, 0.05) is 0 Å². The van der Waals surface area contributed by atoms with Crippen molar-refractivity contribution in [3.63, 3.8) is 0 Å². The second-order valence-electron chi connectivity index (χ2n) is 9.29. The number of ether oxygens (including phenoxy) is 1. The zero-order valence-corrected chi connectivity index (χ0v) is 20.0. The minimum absolute atomic E-state index is 0.133. The van der Waals surface area contributed by atoms with Gasteiger partial charge in [0.2, 0.25) is 0 Å². The van der Waals surface area contributed by atoms with E-state index >= 15 is 0 Å². The van der Waals surface area contributed by atoms with Gasteiger partial charge in [-0.05, 0) is 0 Å². The van der Waals surface area contributed by atoms with Crippen LogP contribution in [0.3, 0.4) is 0 Å². The summed E-state index contributed by atoms with van der Waals surface area (Å²) in [6.45, 7) is 9.87. The molecule has 0 heterocycles. The summed E-state index contributed by atoms with van der Waals surface area (Å²) in [5.41, 5.74) is -0.133. The van der Waals surface area contributed by atoms with Gasteiger partial charge in [-0.3, -0.25) is 0 Å². The fraction of sp³-hybridized carbons (Fsp3) is 0.357. The van der Waals surface area contributed by atoms with E-state index in [-0.39, 0.29) is 5.60 Å². The molecular formula is C28H37OP. The minimum atomic E-state index is -2.17. The van der Waals surface area contributed by atoms with Crippen LogP contribution in [0.15, 0.2) is 91.0 Å². The molecule has 0 N–H and O–H groups in total. The van der Waals surface area contributed by atoms with Crippen LogP contribution in [0, 0.1) is 5.92 Å². The maximum atomic E-state index is 6.37. The van der Waals surface area contributed by atoms with Gasteiger partial charge in [-0.2, -0.15) is 0 Å². The van der Waals surface area contributed by atoms with Gasteiger partial charge in [-0.25, -0.2) is 0 Å². The third kappa shape index (κ3) is 5.60. The van der Waals surface area contributed by atoms with Crippen molar-refractivity contribution >= 4 is 23.2 Å². The molecule has 0 aromatic heterocycles. The van der Waals surface area contributed by atoms with Crippen LogP contribution in [-0.2, 0) is 4.74 Å². The first-order valence-electron chi connectivity index (χ1n) is 11.2. The van der Waals surface area contributed by atoms with Gasteiger partial charge >= 0.3 is 184 Å².